The maximum absolute atomic E-state index is 12.4. The lowest BCUT2D eigenvalue weighted by atomic mass is 10.4. The molecule has 0 saturated heterocycles. The van der Waals surface area contributed by atoms with E-state index in [1.165, 1.54) is 35.5 Å². The molecule has 2 aromatic heterocycles. The van der Waals surface area contributed by atoms with Gasteiger partial charge in [-0.3, -0.25) is 0 Å². The molecule has 1 aliphatic carbocycles. The Balaban J connectivity index is 1.59. The number of rotatable bonds is 8. The predicted molar refractivity (Wildman–Crippen MR) is 85.2 cm³/mol. The molecule has 0 atom stereocenters. The molecular formula is C13H17N3O2S3. The Morgan fingerprint density at radius 1 is 1.29 bits per heavy atom. The van der Waals surface area contributed by atoms with Crippen molar-refractivity contribution < 1.29 is 8.42 Å². The Morgan fingerprint density at radius 2 is 2.14 bits per heavy atom. The monoisotopic (exact) mass is 343 g/mol. The van der Waals surface area contributed by atoms with Crippen LogP contribution in [-0.4, -0.2) is 26.0 Å². The summed E-state index contributed by atoms with van der Waals surface area (Å²) in [5.74, 6) is 0. The zero-order valence-electron chi connectivity index (χ0n) is 11.4. The number of hydrogen-bond acceptors (Lipinski definition) is 6. The third-order valence-corrected chi connectivity index (χ3v) is 6.67. The zero-order valence-corrected chi connectivity index (χ0v) is 13.9. The fourth-order valence-corrected chi connectivity index (χ4v) is 5.01. The van der Waals surface area contributed by atoms with Gasteiger partial charge in [0.05, 0.1) is 9.90 Å². The summed E-state index contributed by atoms with van der Waals surface area (Å²) in [4.78, 5) is 5.43. The molecule has 0 amide bonds. The molecule has 8 heteroatoms. The van der Waals surface area contributed by atoms with Crippen molar-refractivity contribution in [1.82, 2.24) is 15.0 Å². The highest BCUT2D eigenvalue weighted by Crippen LogP contribution is 2.24. The molecular weight excluding hydrogens is 326 g/mol. The van der Waals surface area contributed by atoms with Crippen molar-refractivity contribution in [3.63, 3.8) is 0 Å². The molecule has 2 N–H and O–H groups in total. The number of sulfonamides is 1. The molecule has 3 rings (SSSR count). The van der Waals surface area contributed by atoms with Crippen LogP contribution in [0.2, 0.25) is 0 Å². The Labute approximate surface area is 132 Å². The SMILES string of the molecule is O=S(=O)(NCCc1nccs1)c1ccsc1CNC1CC1. The van der Waals surface area contributed by atoms with Crippen LogP contribution in [0.3, 0.4) is 0 Å². The maximum Gasteiger partial charge on any atom is 0.241 e. The van der Waals surface area contributed by atoms with Crippen molar-refractivity contribution in [1.29, 1.82) is 0 Å². The Kier molecular flexibility index (Phi) is 4.70. The van der Waals surface area contributed by atoms with E-state index < -0.39 is 10.0 Å². The van der Waals surface area contributed by atoms with Crippen molar-refractivity contribution in [2.45, 2.75) is 36.7 Å². The summed E-state index contributed by atoms with van der Waals surface area (Å²) in [7, 11) is -3.43. The first-order valence-corrected chi connectivity index (χ1v) is 10.1. The second-order valence-corrected chi connectivity index (χ2v) is 8.65. The van der Waals surface area contributed by atoms with Crippen molar-refractivity contribution in [2.75, 3.05) is 6.54 Å². The summed E-state index contributed by atoms with van der Waals surface area (Å²) in [6.45, 7) is 1.01. The third-order valence-electron chi connectivity index (χ3n) is 3.24. The zero-order chi connectivity index (χ0) is 14.7. The highest BCUT2D eigenvalue weighted by Gasteiger charge is 2.23. The van der Waals surface area contributed by atoms with E-state index in [9.17, 15) is 8.42 Å². The lowest BCUT2D eigenvalue weighted by Crippen LogP contribution is -2.27. The molecule has 0 aromatic carbocycles. The first-order valence-electron chi connectivity index (χ1n) is 6.83. The third kappa shape index (κ3) is 4.10. The van der Waals surface area contributed by atoms with Gasteiger partial charge in [0.15, 0.2) is 0 Å². The Bertz CT molecular complexity index is 675. The number of nitrogens with zero attached hydrogens (tertiary/aromatic N) is 1. The topological polar surface area (TPSA) is 71.1 Å². The second kappa shape index (κ2) is 6.53. The summed E-state index contributed by atoms with van der Waals surface area (Å²) >= 11 is 3.02. The summed E-state index contributed by atoms with van der Waals surface area (Å²) in [5.41, 5.74) is 0. The van der Waals surface area contributed by atoms with Crippen molar-refractivity contribution in [3.8, 4) is 0 Å². The van der Waals surface area contributed by atoms with Crippen LogP contribution in [0.15, 0.2) is 27.9 Å². The number of hydrogen-bond donors (Lipinski definition) is 2. The van der Waals surface area contributed by atoms with Crippen LogP contribution in [0, 0.1) is 0 Å². The standard InChI is InChI=1S/C13H17N3O2S3/c17-21(18,16-5-3-13-14-6-8-20-13)12-4-7-19-11(12)9-15-10-1-2-10/h4,6-8,10,15-16H,1-3,5,9H2. The normalized spacial score (nSPS) is 15.4. The lowest BCUT2D eigenvalue weighted by Gasteiger charge is -2.07. The maximum atomic E-state index is 12.4. The molecule has 0 bridgehead atoms. The number of nitrogens with one attached hydrogen (secondary N) is 2. The summed E-state index contributed by atoms with van der Waals surface area (Å²) in [6, 6.07) is 2.25. The molecule has 2 aromatic rings. The first-order chi connectivity index (χ1) is 10.1. The van der Waals surface area contributed by atoms with Gasteiger partial charge < -0.3 is 5.32 Å². The van der Waals surface area contributed by atoms with E-state index in [1.54, 1.807) is 12.3 Å². The Hall–Kier alpha value is -0.800. The van der Waals surface area contributed by atoms with Gasteiger partial charge in [0.1, 0.15) is 0 Å². The van der Waals surface area contributed by atoms with E-state index in [1.807, 2.05) is 10.8 Å². The van der Waals surface area contributed by atoms with Gasteiger partial charge in [-0.1, -0.05) is 0 Å². The molecule has 0 spiro atoms. The molecule has 21 heavy (non-hydrogen) atoms. The van der Waals surface area contributed by atoms with E-state index in [0.29, 0.717) is 30.4 Å². The number of thiophene rings is 1. The largest absolute Gasteiger partial charge is 0.309 e. The average molecular weight is 343 g/mol. The van der Waals surface area contributed by atoms with Crippen LogP contribution in [0.4, 0.5) is 0 Å². The first kappa shape index (κ1) is 15.1. The quantitative estimate of drug-likeness (QED) is 0.769. The van der Waals surface area contributed by atoms with Gasteiger partial charge in [-0.15, -0.1) is 22.7 Å². The van der Waals surface area contributed by atoms with E-state index in [2.05, 4.69) is 15.0 Å². The molecule has 1 fully saturated rings. The van der Waals surface area contributed by atoms with Gasteiger partial charge in [0.2, 0.25) is 10.0 Å². The molecule has 1 saturated carbocycles. The van der Waals surface area contributed by atoms with Crippen molar-refractivity contribution >= 4 is 32.7 Å². The molecule has 0 radical (unpaired) electrons. The molecule has 2 heterocycles. The average Bonchev–Trinajstić information content (AvgIpc) is 2.93. The van der Waals surface area contributed by atoms with Gasteiger partial charge in [-0.25, -0.2) is 18.1 Å². The van der Waals surface area contributed by atoms with E-state index in [-0.39, 0.29) is 0 Å². The summed E-state index contributed by atoms with van der Waals surface area (Å²) in [6.07, 6.45) is 4.74. The van der Waals surface area contributed by atoms with Crippen LogP contribution in [0.5, 0.6) is 0 Å². The van der Waals surface area contributed by atoms with Gasteiger partial charge in [0, 0.05) is 42.0 Å². The van der Waals surface area contributed by atoms with Crippen LogP contribution in [0.25, 0.3) is 0 Å². The van der Waals surface area contributed by atoms with E-state index in [4.69, 9.17) is 0 Å². The summed E-state index contributed by atoms with van der Waals surface area (Å²) < 4.78 is 27.4. The van der Waals surface area contributed by atoms with Gasteiger partial charge in [-0.2, -0.15) is 0 Å². The molecule has 114 valence electrons. The smallest absolute Gasteiger partial charge is 0.241 e. The second-order valence-electron chi connectivity index (χ2n) is 4.94. The van der Waals surface area contributed by atoms with Gasteiger partial charge >= 0.3 is 0 Å². The molecule has 1 aliphatic rings. The van der Waals surface area contributed by atoms with Gasteiger partial charge in [0.25, 0.3) is 0 Å². The highest BCUT2D eigenvalue weighted by molar-refractivity contribution is 7.89. The van der Waals surface area contributed by atoms with Gasteiger partial charge in [-0.05, 0) is 24.3 Å². The van der Waals surface area contributed by atoms with E-state index >= 15 is 0 Å². The van der Waals surface area contributed by atoms with Crippen LogP contribution < -0.4 is 10.0 Å². The molecule has 5 nitrogen and oxygen atoms in total. The fraction of sp³-hybridized carbons (Fsp3) is 0.462. The minimum absolute atomic E-state index is 0.376. The minimum atomic E-state index is -3.43. The summed E-state index contributed by atoms with van der Waals surface area (Å²) in [5, 5.41) is 8.03. The number of aromatic nitrogens is 1. The van der Waals surface area contributed by atoms with Crippen molar-refractivity contribution in [2.24, 2.45) is 0 Å². The lowest BCUT2D eigenvalue weighted by molar-refractivity contribution is 0.579. The van der Waals surface area contributed by atoms with Crippen LogP contribution in [0.1, 0.15) is 22.7 Å². The Morgan fingerprint density at radius 3 is 2.86 bits per heavy atom. The fourth-order valence-electron chi connectivity index (χ4n) is 1.97. The number of thiazole rings is 1. The highest BCUT2D eigenvalue weighted by atomic mass is 32.2. The molecule has 0 aliphatic heterocycles. The van der Waals surface area contributed by atoms with E-state index in [0.717, 1.165) is 9.88 Å². The molecule has 0 unspecified atom stereocenters. The van der Waals surface area contributed by atoms with Crippen molar-refractivity contribution in [3.05, 3.63) is 32.9 Å². The van der Waals surface area contributed by atoms with Crippen LogP contribution >= 0.6 is 22.7 Å². The predicted octanol–water partition coefficient (Wildman–Crippen LogP) is 1.98. The van der Waals surface area contributed by atoms with Crippen LogP contribution in [-0.2, 0) is 23.0 Å². The minimum Gasteiger partial charge on any atom is -0.309 e.